The van der Waals surface area contributed by atoms with Crippen LogP contribution < -0.4 is 0 Å². The molecule has 3 rings (SSSR count). The second kappa shape index (κ2) is 3.77. The fourth-order valence-electron chi connectivity index (χ4n) is 2.93. The van der Waals surface area contributed by atoms with E-state index in [9.17, 15) is 8.78 Å². The van der Waals surface area contributed by atoms with Gasteiger partial charge in [0.25, 0.3) is 5.92 Å². The number of halogens is 2. The lowest BCUT2D eigenvalue weighted by molar-refractivity contribution is -0.172. The third-order valence-corrected chi connectivity index (χ3v) is 4.05. The molecule has 0 amide bonds. The molecule has 1 aliphatic heterocycles. The highest BCUT2D eigenvalue weighted by molar-refractivity contribution is 5.47. The number of aryl methyl sites for hydroxylation is 1. The Labute approximate surface area is 106 Å². The SMILES string of the molecule is Cc1cc(C2CC2)c2c(c1)C(C)OC(C)C2(F)F. The highest BCUT2D eigenvalue weighted by Gasteiger charge is 2.49. The normalized spacial score (nSPS) is 30.1. The van der Waals surface area contributed by atoms with Crippen molar-refractivity contribution in [3.8, 4) is 0 Å². The smallest absolute Gasteiger partial charge is 0.299 e. The number of rotatable bonds is 1. The summed E-state index contributed by atoms with van der Waals surface area (Å²) in [6.45, 7) is 5.30. The zero-order chi connectivity index (χ0) is 13.1. The molecule has 1 aliphatic carbocycles. The first kappa shape index (κ1) is 12.1. The minimum absolute atomic E-state index is 0.243. The van der Waals surface area contributed by atoms with Gasteiger partial charge in [-0.1, -0.05) is 17.7 Å². The fraction of sp³-hybridized carbons (Fsp3) is 0.600. The Morgan fingerprint density at radius 1 is 1.17 bits per heavy atom. The number of hydrogen-bond donors (Lipinski definition) is 0. The van der Waals surface area contributed by atoms with Gasteiger partial charge in [-0.3, -0.25) is 0 Å². The van der Waals surface area contributed by atoms with Gasteiger partial charge in [-0.15, -0.1) is 0 Å². The number of benzene rings is 1. The van der Waals surface area contributed by atoms with Gasteiger partial charge < -0.3 is 4.74 Å². The molecule has 2 aliphatic rings. The zero-order valence-electron chi connectivity index (χ0n) is 11.0. The molecular weight excluding hydrogens is 234 g/mol. The van der Waals surface area contributed by atoms with Crippen molar-refractivity contribution in [1.29, 1.82) is 0 Å². The van der Waals surface area contributed by atoms with E-state index in [-0.39, 0.29) is 11.7 Å². The Kier molecular flexibility index (Phi) is 2.53. The Morgan fingerprint density at radius 2 is 1.78 bits per heavy atom. The minimum Gasteiger partial charge on any atom is -0.364 e. The van der Waals surface area contributed by atoms with Gasteiger partial charge in [-0.25, -0.2) is 0 Å². The van der Waals surface area contributed by atoms with Gasteiger partial charge in [0, 0.05) is 5.56 Å². The summed E-state index contributed by atoms with van der Waals surface area (Å²) in [6, 6.07) is 3.79. The van der Waals surface area contributed by atoms with Gasteiger partial charge in [0.05, 0.1) is 6.10 Å². The molecule has 1 aromatic rings. The summed E-state index contributed by atoms with van der Waals surface area (Å²) < 4.78 is 34.2. The van der Waals surface area contributed by atoms with Gasteiger partial charge in [-0.2, -0.15) is 8.78 Å². The van der Waals surface area contributed by atoms with Crippen LogP contribution >= 0.6 is 0 Å². The first-order valence-electron chi connectivity index (χ1n) is 6.59. The summed E-state index contributed by atoms with van der Waals surface area (Å²) >= 11 is 0. The van der Waals surface area contributed by atoms with E-state index in [0.717, 1.165) is 24.0 Å². The molecule has 18 heavy (non-hydrogen) atoms. The fourth-order valence-corrected chi connectivity index (χ4v) is 2.93. The monoisotopic (exact) mass is 252 g/mol. The molecule has 1 nitrogen and oxygen atoms in total. The van der Waals surface area contributed by atoms with Gasteiger partial charge >= 0.3 is 0 Å². The standard InChI is InChI=1S/C15H18F2O/c1-8-6-12-9(2)18-10(3)15(16,17)14(12)13(7-8)11-4-5-11/h6-7,9-11H,4-5H2,1-3H3. The predicted molar refractivity (Wildman–Crippen MR) is 66.0 cm³/mol. The summed E-state index contributed by atoms with van der Waals surface area (Å²) in [7, 11) is 0. The van der Waals surface area contributed by atoms with Gasteiger partial charge in [0.2, 0.25) is 0 Å². The summed E-state index contributed by atoms with van der Waals surface area (Å²) in [5.74, 6) is -2.53. The van der Waals surface area contributed by atoms with Gasteiger partial charge in [-0.05, 0) is 50.7 Å². The number of alkyl halides is 2. The highest BCUT2D eigenvalue weighted by Crippen LogP contribution is 2.52. The number of hydrogen-bond acceptors (Lipinski definition) is 1. The van der Waals surface area contributed by atoms with Crippen molar-refractivity contribution in [1.82, 2.24) is 0 Å². The van der Waals surface area contributed by atoms with Crippen molar-refractivity contribution < 1.29 is 13.5 Å². The molecule has 1 fully saturated rings. The van der Waals surface area contributed by atoms with Crippen LogP contribution in [0.15, 0.2) is 12.1 Å². The molecule has 0 spiro atoms. The second-order valence-corrected chi connectivity index (χ2v) is 5.64. The van der Waals surface area contributed by atoms with Crippen LogP contribution in [0.5, 0.6) is 0 Å². The van der Waals surface area contributed by atoms with E-state index in [0.29, 0.717) is 11.5 Å². The molecule has 1 saturated carbocycles. The lowest BCUT2D eigenvalue weighted by atomic mass is 9.85. The quantitative estimate of drug-likeness (QED) is 0.717. The van der Waals surface area contributed by atoms with E-state index in [1.54, 1.807) is 0 Å². The summed E-state index contributed by atoms with van der Waals surface area (Å²) in [5, 5.41) is 0. The molecule has 1 heterocycles. The van der Waals surface area contributed by atoms with Crippen molar-refractivity contribution in [2.45, 2.75) is 57.7 Å². The van der Waals surface area contributed by atoms with Crippen molar-refractivity contribution >= 4 is 0 Å². The zero-order valence-corrected chi connectivity index (χ0v) is 11.0. The van der Waals surface area contributed by atoms with Crippen LogP contribution in [0.2, 0.25) is 0 Å². The minimum atomic E-state index is -2.87. The maximum Gasteiger partial charge on any atom is 0.299 e. The van der Waals surface area contributed by atoms with Gasteiger partial charge in [0.1, 0.15) is 6.10 Å². The third kappa shape index (κ3) is 1.68. The van der Waals surface area contributed by atoms with Crippen molar-refractivity contribution in [3.05, 3.63) is 34.4 Å². The van der Waals surface area contributed by atoms with Crippen LogP contribution in [0.3, 0.4) is 0 Å². The average Bonchev–Trinajstić information content (AvgIpc) is 3.09. The van der Waals surface area contributed by atoms with Crippen LogP contribution in [0.25, 0.3) is 0 Å². The summed E-state index contributed by atoms with van der Waals surface area (Å²) in [6.07, 6.45) is 0.790. The van der Waals surface area contributed by atoms with E-state index < -0.39 is 12.0 Å². The molecule has 0 bridgehead atoms. The molecule has 0 radical (unpaired) electrons. The third-order valence-electron chi connectivity index (χ3n) is 4.05. The maximum absolute atomic E-state index is 14.4. The van der Waals surface area contributed by atoms with E-state index >= 15 is 0 Å². The topological polar surface area (TPSA) is 9.23 Å². The molecular formula is C15H18F2O. The molecule has 98 valence electrons. The van der Waals surface area contributed by atoms with Crippen LogP contribution in [-0.4, -0.2) is 6.10 Å². The predicted octanol–water partition coefficient (Wildman–Crippen LogP) is 4.44. The van der Waals surface area contributed by atoms with E-state index in [2.05, 4.69) is 0 Å². The Balaban J connectivity index is 2.24. The molecule has 0 saturated heterocycles. The van der Waals surface area contributed by atoms with E-state index in [4.69, 9.17) is 4.74 Å². The lowest BCUT2D eigenvalue weighted by Gasteiger charge is -2.37. The van der Waals surface area contributed by atoms with Crippen LogP contribution in [0.4, 0.5) is 8.78 Å². The van der Waals surface area contributed by atoms with Gasteiger partial charge in [0.15, 0.2) is 0 Å². The second-order valence-electron chi connectivity index (χ2n) is 5.64. The lowest BCUT2D eigenvalue weighted by Crippen LogP contribution is -2.38. The van der Waals surface area contributed by atoms with Crippen molar-refractivity contribution in [3.63, 3.8) is 0 Å². The largest absolute Gasteiger partial charge is 0.364 e. The van der Waals surface area contributed by atoms with Crippen LogP contribution in [0, 0.1) is 6.92 Å². The first-order valence-corrected chi connectivity index (χ1v) is 6.59. The average molecular weight is 252 g/mol. The van der Waals surface area contributed by atoms with Crippen LogP contribution in [0.1, 0.15) is 61.0 Å². The Morgan fingerprint density at radius 3 is 2.39 bits per heavy atom. The summed E-state index contributed by atoms with van der Waals surface area (Å²) in [5.41, 5.74) is 2.84. The highest BCUT2D eigenvalue weighted by atomic mass is 19.3. The Hall–Kier alpha value is -0.960. The molecule has 2 unspecified atom stereocenters. The first-order chi connectivity index (χ1) is 8.41. The molecule has 3 heteroatoms. The van der Waals surface area contributed by atoms with Crippen molar-refractivity contribution in [2.24, 2.45) is 0 Å². The van der Waals surface area contributed by atoms with Crippen LogP contribution in [-0.2, 0) is 10.7 Å². The number of ether oxygens (including phenoxy) is 1. The Bertz CT molecular complexity index is 474. The van der Waals surface area contributed by atoms with E-state index in [1.165, 1.54) is 6.92 Å². The molecule has 2 atom stereocenters. The van der Waals surface area contributed by atoms with E-state index in [1.807, 2.05) is 26.0 Å². The molecule has 0 N–H and O–H groups in total. The summed E-state index contributed by atoms with van der Waals surface area (Å²) in [4.78, 5) is 0. The maximum atomic E-state index is 14.4. The van der Waals surface area contributed by atoms with Crippen molar-refractivity contribution in [2.75, 3.05) is 0 Å². The molecule has 0 aromatic heterocycles. The number of fused-ring (bicyclic) bond motifs is 1. The molecule has 1 aromatic carbocycles.